The van der Waals surface area contributed by atoms with E-state index in [0.717, 1.165) is 11.1 Å². The maximum absolute atomic E-state index is 13.3. The van der Waals surface area contributed by atoms with Gasteiger partial charge in [0.1, 0.15) is 11.3 Å². The van der Waals surface area contributed by atoms with Crippen LogP contribution in [0.5, 0.6) is 5.75 Å². The van der Waals surface area contributed by atoms with Crippen LogP contribution in [0.25, 0.3) is 22.6 Å². The van der Waals surface area contributed by atoms with Crippen molar-refractivity contribution in [3.8, 4) is 17.2 Å². The summed E-state index contributed by atoms with van der Waals surface area (Å²) >= 11 is 0. The minimum atomic E-state index is -0.956. The van der Waals surface area contributed by atoms with Crippen molar-refractivity contribution in [1.29, 1.82) is 0 Å². The third-order valence-corrected chi connectivity index (χ3v) is 6.60. The van der Waals surface area contributed by atoms with Crippen LogP contribution in [0.3, 0.4) is 0 Å². The molecule has 2 atom stereocenters. The lowest BCUT2D eigenvalue weighted by Gasteiger charge is -2.40. The number of methoxy groups -OCH3 is 2. The molecule has 0 saturated carbocycles. The summed E-state index contributed by atoms with van der Waals surface area (Å²) in [6.07, 6.45) is -0.956. The van der Waals surface area contributed by atoms with E-state index in [0.29, 0.717) is 54.5 Å². The fraction of sp³-hybridized carbons (Fsp3) is 0.286. The van der Waals surface area contributed by atoms with Gasteiger partial charge >= 0.3 is 0 Å². The molecule has 1 aliphatic heterocycles. The monoisotopic (exact) mass is 487 g/mol. The van der Waals surface area contributed by atoms with Crippen LogP contribution in [0.4, 0.5) is 0 Å². The number of hydrogen-bond acceptors (Lipinski definition) is 7. The highest BCUT2D eigenvalue weighted by molar-refractivity contribution is 5.95. The Morgan fingerprint density at radius 1 is 0.972 bits per heavy atom. The molecule has 0 spiro atoms. The SMILES string of the molecule is COc1ccc2oc(-c3cccc(C(=O)N4CCN([C@H](c5ccccc5)C(O)OC)CC4)c3)nc2c1. The number of ether oxygens (including phenoxy) is 2. The van der Waals surface area contributed by atoms with Crippen LogP contribution in [0.15, 0.2) is 77.2 Å². The Hall–Kier alpha value is -3.72. The topological polar surface area (TPSA) is 88.3 Å². The molecular formula is C28H29N3O5. The summed E-state index contributed by atoms with van der Waals surface area (Å²) < 4.78 is 16.4. The third-order valence-electron chi connectivity index (χ3n) is 6.60. The van der Waals surface area contributed by atoms with E-state index in [4.69, 9.17) is 13.9 Å². The second-order valence-electron chi connectivity index (χ2n) is 8.74. The van der Waals surface area contributed by atoms with Crippen LogP contribution in [0, 0.1) is 0 Å². The summed E-state index contributed by atoms with van der Waals surface area (Å²) in [6, 6.07) is 22.3. The van der Waals surface area contributed by atoms with Crippen molar-refractivity contribution in [2.24, 2.45) is 0 Å². The number of oxazole rings is 1. The molecule has 4 aromatic rings. The number of hydrogen-bond donors (Lipinski definition) is 1. The molecule has 8 nitrogen and oxygen atoms in total. The first-order valence-electron chi connectivity index (χ1n) is 11.9. The van der Waals surface area contributed by atoms with Crippen molar-refractivity contribution in [2.75, 3.05) is 40.4 Å². The zero-order valence-corrected chi connectivity index (χ0v) is 20.3. The number of aliphatic hydroxyl groups is 1. The molecule has 0 aliphatic carbocycles. The van der Waals surface area contributed by atoms with Gasteiger partial charge in [-0.3, -0.25) is 9.69 Å². The van der Waals surface area contributed by atoms with Crippen LogP contribution in [-0.2, 0) is 4.74 Å². The summed E-state index contributed by atoms with van der Waals surface area (Å²) in [7, 11) is 3.11. The van der Waals surface area contributed by atoms with Crippen LogP contribution in [0.2, 0.25) is 0 Å². The molecule has 1 N–H and O–H groups in total. The Bertz CT molecular complexity index is 1330. The number of aliphatic hydroxyl groups excluding tert-OH is 1. The molecule has 1 aromatic heterocycles. The number of aromatic nitrogens is 1. The second-order valence-corrected chi connectivity index (χ2v) is 8.74. The van der Waals surface area contributed by atoms with E-state index in [1.165, 1.54) is 7.11 Å². The molecule has 186 valence electrons. The van der Waals surface area contributed by atoms with E-state index in [-0.39, 0.29) is 11.9 Å². The quantitative estimate of drug-likeness (QED) is 0.395. The van der Waals surface area contributed by atoms with Crippen molar-refractivity contribution in [1.82, 2.24) is 14.8 Å². The fourth-order valence-electron chi connectivity index (χ4n) is 4.66. The lowest BCUT2D eigenvalue weighted by molar-refractivity contribution is -0.131. The normalized spacial score (nSPS) is 16.1. The van der Waals surface area contributed by atoms with Crippen molar-refractivity contribution >= 4 is 17.0 Å². The van der Waals surface area contributed by atoms with Crippen molar-refractivity contribution in [2.45, 2.75) is 12.3 Å². The molecule has 1 saturated heterocycles. The van der Waals surface area contributed by atoms with Crippen LogP contribution >= 0.6 is 0 Å². The number of piperazine rings is 1. The van der Waals surface area contributed by atoms with Gasteiger partial charge in [0.25, 0.3) is 5.91 Å². The van der Waals surface area contributed by atoms with Gasteiger partial charge in [-0.2, -0.15) is 0 Å². The first-order valence-corrected chi connectivity index (χ1v) is 11.9. The molecule has 3 aromatic carbocycles. The van der Waals surface area contributed by atoms with Gasteiger partial charge in [-0.05, 0) is 35.9 Å². The van der Waals surface area contributed by atoms with E-state index < -0.39 is 6.29 Å². The molecule has 5 rings (SSSR count). The standard InChI is InChI=1S/C28H29N3O5/c1-34-22-11-12-24-23(18-22)29-26(36-24)20-9-6-10-21(17-20)27(32)31-15-13-30(14-16-31)25(28(33)35-2)19-7-4-3-5-8-19/h3-12,17-18,25,28,33H,13-16H2,1-2H3/t25-,28?/m1/s1. The van der Waals surface area contributed by atoms with E-state index in [1.807, 2.05) is 77.7 Å². The first kappa shape index (κ1) is 24.0. The number of benzene rings is 3. The van der Waals surface area contributed by atoms with Gasteiger partial charge in [-0.1, -0.05) is 36.4 Å². The second kappa shape index (κ2) is 10.5. The Labute approximate surface area is 209 Å². The highest BCUT2D eigenvalue weighted by atomic mass is 16.6. The van der Waals surface area contributed by atoms with Crippen LogP contribution in [0.1, 0.15) is 22.0 Å². The molecule has 1 fully saturated rings. The average molecular weight is 488 g/mol. The van der Waals surface area contributed by atoms with E-state index in [2.05, 4.69) is 9.88 Å². The largest absolute Gasteiger partial charge is 0.497 e. The van der Waals surface area contributed by atoms with Gasteiger partial charge in [-0.15, -0.1) is 0 Å². The Morgan fingerprint density at radius 2 is 1.75 bits per heavy atom. The minimum absolute atomic E-state index is 0.0437. The highest BCUT2D eigenvalue weighted by Crippen LogP contribution is 2.29. The molecular weight excluding hydrogens is 458 g/mol. The number of carbonyl (C=O) groups is 1. The van der Waals surface area contributed by atoms with Gasteiger partial charge < -0.3 is 23.9 Å². The molecule has 1 aliphatic rings. The fourth-order valence-corrected chi connectivity index (χ4v) is 4.66. The predicted octanol–water partition coefficient (Wildman–Crippen LogP) is 3.97. The lowest BCUT2D eigenvalue weighted by Crippen LogP contribution is -2.51. The summed E-state index contributed by atoms with van der Waals surface area (Å²) in [4.78, 5) is 21.9. The Kier molecular flexibility index (Phi) is 6.99. The van der Waals surface area contributed by atoms with Crippen molar-refractivity contribution < 1.29 is 23.8 Å². The van der Waals surface area contributed by atoms with Crippen molar-refractivity contribution in [3.05, 3.63) is 83.9 Å². The minimum Gasteiger partial charge on any atom is -0.497 e. The van der Waals surface area contributed by atoms with Gasteiger partial charge in [0.05, 0.1) is 13.2 Å². The number of amides is 1. The number of fused-ring (bicyclic) bond motifs is 1. The zero-order chi connectivity index (χ0) is 25.1. The summed E-state index contributed by atoms with van der Waals surface area (Å²) in [5.41, 5.74) is 3.66. The van der Waals surface area contributed by atoms with Gasteiger partial charge in [0.2, 0.25) is 5.89 Å². The van der Waals surface area contributed by atoms with Crippen LogP contribution < -0.4 is 4.74 Å². The smallest absolute Gasteiger partial charge is 0.253 e. The Morgan fingerprint density at radius 3 is 2.47 bits per heavy atom. The van der Waals surface area contributed by atoms with E-state index in [9.17, 15) is 9.90 Å². The van der Waals surface area contributed by atoms with Crippen molar-refractivity contribution in [3.63, 3.8) is 0 Å². The maximum atomic E-state index is 13.3. The molecule has 8 heteroatoms. The Balaban J connectivity index is 1.30. The lowest BCUT2D eigenvalue weighted by atomic mass is 10.0. The number of rotatable bonds is 7. The zero-order valence-electron chi connectivity index (χ0n) is 20.3. The molecule has 1 amide bonds. The molecule has 0 bridgehead atoms. The third kappa shape index (κ3) is 4.83. The maximum Gasteiger partial charge on any atom is 0.253 e. The van der Waals surface area contributed by atoms with Crippen LogP contribution in [-0.4, -0.2) is 72.5 Å². The molecule has 36 heavy (non-hydrogen) atoms. The van der Waals surface area contributed by atoms with E-state index >= 15 is 0 Å². The van der Waals surface area contributed by atoms with Gasteiger partial charge in [-0.25, -0.2) is 4.98 Å². The summed E-state index contributed by atoms with van der Waals surface area (Å²) in [5.74, 6) is 1.12. The molecule has 2 heterocycles. The number of nitrogens with zero attached hydrogens (tertiary/aromatic N) is 3. The first-order chi connectivity index (χ1) is 17.6. The summed E-state index contributed by atoms with van der Waals surface area (Å²) in [5, 5.41) is 10.5. The molecule has 0 radical (unpaired) electrons. The average Bonchev–Trinajstić information content (AvgIpc) is 3.37. The van der Waals surface area contributed by atoms with Gasteiger partial charge in [0.15, 0.2) is 11.9 Å². The number of carbonyl (C=O) groups excluding carboxylic acids is 1. The molecule has 1 unspecified atom stereocenters. The highest BCUT2D eigenvalue weighted by Gasteiger charge is 2.32. The summed E-state index contributed by atoms with van der Waals surface area (Å²) in [6.45, 7) is 2.34. The van der Waals surface area contributed by atoms with E-state index in [1.54, 1.807) is 7.11 Å². The predicted molar refractivity (Wildman–Crippen MR) is 136 cm³/mol. The van der Waals surface area contributed by atoms with Gasteiger partial charge in [0, 0.05) is 50.5 Å².